The Hall–Kier alpha value is 0.0800. The molecule has 94 valence electrons. The number of hydrogen-bond acceptors (Lipinski definition) is 0. The Morgan fingerprint density at radius 2 is 1.56 bits per heavy atom. The summed E-state index contributed by atoms with van der Waals surface area (Å²) in [5.41, 5.74) is 1.58. The minimum Gasteiger partial charge on any atom is -0.112 e. The Morgan fingerprint density at radius 3 is 2.22 bits per heavy atom. The zero-order chi connectivity index (χ0) is 13.3. The van der Waals surface area contributed by atoms with Crippen LogP contribution in [0.3, 0.4) is 0 Å². The van der Waals surface area contributed by atoms with Gasteiger partial charge in [0.05, 0.1) is 5.38 Å². The van der Waals surface area contributed by atoms with Gasteiger partial charge in [0.1, 0.15) is 0 Å². The van der Waals surface area contributed by atoms with E-state index in [0.29, 0.717) is 15.1 Å². The van der Waals surface area contributed by atoms with E-state index in [1.165, 1.54) is 0 Å². The third-order valence-electron chi connectivity index (χ3n) is 2.47. The van der Waals surface area contributed by atoms with Crippen LogP contribution in [0.15, 0.2) is 40.9 Å². The van der Waals surface area contributed by atoms with E-state index in [1.54, 1.807) is 24.3 Å². The third-order valence-corrected chi connectivity index (χ3v) is 4.34. The van der Waals surface area contributed by atoms with Crippen molar-refractivity contribution in [2.45, 2.75) is 5.38 Å². The van der Waals surface area contributed by atoms with Gasteiger partial charge < -0.3 is 0 Å². The molecule has 0 aromatic heterocycles. The highest BCUT2D eigenvalue weighted by Gasteiger charge is 2.17. The molecule has 0 aliphatic carbocycles. The molecular weight excluding hydrogens is 378 g/mol. The van der Waals surface area contributed by atoms with Gasteiger partial charge in [-0.2, -0.15) is 0 Å². The lowest BCUT2D eigenvalue weighted by Crippen LogP contribution is -1.95. The number of rotatable bonds is 2. The molecule has 1 atom stereocenters. The van der Waals surface area contributed by atoms with Crippen molar-refractivity contribution in [2.75, 3.05) is 0 Å². The van der Waals surface area contributed by atoms with Gasteiger partial charge in [-0.1, -0.05) is 56.8 Å². The summed E-state index contributed by atoms with van der Waals surface area (Å²) in [5.74, 6) is 0. The van der Waals surface area contributed by atoms with Crippen molar-refractivity contribution in [1.29, 1.82) is 0 Å². The average Bonchev–Trinajstić information content (AvgIpc) is 2.31. The summed E-state index contributed by atoms with van der Waals surface area (Å²) in [4.78, 5) is 0. The first-order valence-corrected chi connectivity index (χ1v) is 7.39. The van der Waals surface area contributed by atoms with Crippen molar-refractivity contribution >= 4 is 62.3 Å². The molecule has 5 heteroatoms. The molecule has 1 unspecified atom stereocenters. The summed E-state index contributed by atoms with van der Waals surface area (Å²) in [5, 5.41) is 1.29. The summed E-state index contributed by atoms with van der Waals surface area (Å²) < 4.78 is 0.914. The smallest absolute Gasteiger partial charge is 0.0864 e. The molecule has 2 rings (SSSR count). The molecule has 2 aromatic carbocycles. The van der Waals surface area contributed by atoms with Gasteiger partial charge in [0, 0.05) is 19.5 Å². The molecule has 0 bridgehead atoms. The molecule has 2 aromatic rings. The molecule has 0 heterocycles. The van der Waals surface area contributed by atoms with E-state index in [4.69, 9.17) is 46.4 Å². The quantitative estimate of drug-likeness (QED) is 0.503. The lowest BCUT2D eigenvalue weighted by molar-refractivity contribution is 1.14. The standard InChI is InChI=1S/C13H7BrCl4/c14-7-1-4-11(16)10(5-7)13(18)9-3-2-8(15)6-12(9)17/h1-6,13H. The topological polar surface area (TPSA) is 0 Å². The van der Waals surface area contributed by atoms with Crippen LogP contribution in [0.1, 0.15) is 16.5 Å². The maximum atomic E-state index is 6.43. The van der Waals surface area contributed by atoms with Gasteiger partial charge in [-0.25, -0.2) is 0 Å². The van der Waals surface area contributed by atoms with E-state index in [2.05, 4.69) is 15.9 Å². The van der Waals surface area contributed by atoms with E-state index >= 15 is 0 Å². The van der Waals surface area contributed by atoms with Crippen LogP contribution in [0.5, 0.6) is 0 Å². The van der Waals surface area contributed by atoms with Gasteiger partial charge in [-0.15, -0.1) is 11.6 Å². The number of hydrogen-bond donors (Lipinski definition) is 0. The first-order chi connectivity index (χ1) is 8.49. The Kier molecular flexibility index (Phi) is 4.85. The number of alkyl halides is 1. The Labute approximate surface area is 134 Å². The normalized spacial score (nSPS) is 12.5. The van der Waals surface area contributed by atoms with Gasteiger partial charge in [0.25, 0.3) is 0 Å². The van der Waals surface area contributed by atoms with Crippen molar-refractivity contribution in [3.8, 4) is 0 Å². The molecule has 0 N–H and O–H groups in total. The predicted molar refractivity (Wildman–Crippen MR) is 83.3 cm³/mol. The van der Waals surface area contributed by atoms with Gasteiger partial charge >= 0.3 is 0 Å². The molecule has 0 spiro atoms. The fourth-order valence-electron chi connectivity index (χ4n) is 1.58. The summed E-state index contributed by atoms with van der Waals surface area (Å²) in [7, 11) is 0. The fourth-order valence-corrected chi connectivity index (χ4v) is 3.19. The van der Waals surface area contributed by atoms with E-state index in [-0.39, 0.29) is 0 Å². The highest BCUT2D eigenvalue weighted by atomic mass is 79.9. The summed E-state index contributed by atoms with van der Waals surface area (Å²) in [6.45, 7) is 0. The van der Waals surface area contributed by atoms with Crippen LogP contribution in [0.25, 0.3) is 0 Å². The Morgan fingerprint density at radius 1 is 0.833 bits per heavy atom. The molecule has 0 fully saturated rings. The molecule has 0 nitrogen and oxygen atoms in total. The van der Waals surface area contributed by atoms with Gasteiger partial charge in [-0.05, 0) is 41.5 Å². The minimum absolute atomic E-state index is 0.417. The molecule has 0 saturated heterocycles. The summed E-state index contributed by atoms with van der Waals surface area (Å²) in [6, 6.07) is 10.8. The van der Waals surface area contributed by atoms with Crippen LogP contribution < -0.4 is 0 Å². The molecule has 0 aliphatic heterocycles. The van der Waals surface area contributed by atoms with Crippen molar-refractivity contribution < 1.29 is 0 Å². The lowest BCUT2D eigenvalue weighted by atomic mass is 10.0. The van der Waals surface area contributed by atoms with Crippen molar-refractivity contribution in [3.63, 3.8) is 0 Å². The maximum absolute atomic E-state index is 6.43. The Balaban J connectivity index is 2.47. The van der Waals surface area contributed by atoms with Crippen LogP contribution in [-0.4, -0.2) is 0 Å². The third kappa shape index (κ3) is 3.15. The lowest BCUT2D eigenvalue weighted by Gasteiger charge is -2.14. The van der Waals surface area contributed by atoms with Crippen LogP contribution >= 0.6 is 62.3 Å². The summed E-state index contributed by atoms with van der Waals surface area (Å²) in [6.07, 6.45) is 0. The monoisotopic (exact) mass is 382 g/mol. The van der Waals surface area contributed by atoms with Crippen molar-refractivity contribution in [2.24, 2.45) is 0 Å². The average molecular weight is 385 g/mol. The second kappa shape index (κ2) is 6.02. The SMILES string of the molecule is Clc1ccc(C(Cl)c2cc(Br)ccc2Cl)c(Cl)c1. The molecule has 18 heavy (non-hydrogen) atoms. The molecule has 0 saturated carbocycles. The second-order valence-corrected chi connectivity index (χ2v) is 6.30. The second-order valence-electron chi connectivity index (χ2n) is 3.69. The summed E-state index contributed by atoms with van der Waals surface area (Å²) >= 11 is 28.0. The Bertz CT molecular complexity index is 583. The van der Waals surface area contributed by atoms with Gasteiger partial charge in [0.2, 0.25) is 0 Å². The van der Waals surface area contributed by atoms with Crippen LogP contribution in [0, 0.1) is 0 Å². The zero-order valence-corrected chi connectivity index (χ0v) is 13.5. The minimum atomic E-state index is -0.417. The van der Waals surface area contributed by atoms with Gasteiger partial charge in [-0.3, -0.25) is 0 Å². The first-order valence-electron chi connectivity index (χ1n) is 5.03. The number of benzene rings is 2. The van der Waals surface area contributed by atoms with Crippen molar-refractivity contribution in [1.82, 2.24) is 0 Å². The largest absolute Gasteiger partial charge is 0.112 e. The number of halogens is 5. The molecular formula is C13H7BrCl4. The van der Waals surface area contributed by atoms with Crippen LogP contribution in [0.2, 0.25) is 15.1 Å². The zero-order valence-electron chi connectivity index (χ0n) is 8.93. The van der Waals surface area contributed by atoms with Gasteiger partial charge in [0.15, 0.2) is 0 Å². The van der Waals surface area contributed by atoms with Crippen molar-refractivity contribution in [3.05, 3.63) is 67.1 Å². The first kappa shape index (κ1) is 14.5. The highest BCUT2D eigenvalue weighted by molar-refractivity contribution is 9.10. The molecule has 0 aliphatic rings. The maximum Gasteiger partial charge on any atom is 0.0864 e. The van der Waals surface area contributed by atoms with E-state index in [0.717, 1.165) is 15.6 Å². The van der Waals surface area contributed by atoms with Crippen LogP contribution in [0.4, 0.5) is 0 Å². The van der Waals surface area contributed by atoms with E-state index in [1.807, 2.05) is 12.1 Å². The molecule has 0 radical (unpaired) electrons. The van der Waals surface area contributed by atoms with Crippen LogP contribution in [-0.2, 0) is 0 Å². The molecule has 0 amide bonds. The fraction of sp³-hybridized carbons (Fsp3) is 0.0769. The predicted octanol–water partition coefficient (Wildman–Crippen LogP) is 6.74. The van der Waals surface area contributed by atoms with E-state index < -0.39 is 5.38 Å². The highest BCUT2D eigenvalue weighted by Crippen LogP contribution is 2.38. The van der Waals surface area contributed by atoms with E-state index in [9.17, 15) is 0 Å².